The minimum Gasteiger partial charge on any atom is -0.487 e. The summed E-state index contributed by atoms with van der Waals surface area (Å²) in [6, 6.07) is 8.59. The van der Waals surface area contributed by atoms with Crippen molar-refractivity contribution in [3.05, 3.63) is 41.7 Å². The van der Waals surface area contributed by atoms with E-state index in [2.05, 4.69) is 40.1 Å². The van der Waals surface area contributed by atoms with E-state index in [-0.39, 0.29) is 6.04 Å². The van der Waals surface area contributed by atoms with Crippen LogP contribution in [0.2, 0.25) is 0 Å². The molecular formula is C18H25N3O. The summed E-state index contributed by atoms with van der Waals surface area (Å²) in [4.78, 5) is 0. The van der Waals surface area contributed by atoms with Gasteiger partial charge in [0, 0.05) is 5.56 Å². The lowest BCUT2D eigenvalue weighted by Gasteiger charge is -2.18. The van der Waals surface area contributed by atoms with Crippen LogP contribution in [0.1, 0.15) is 69.2 Å². The zero-order valence-corrected chi connectivity index (χ0v) is 13.4. The highest BCUT2D eigenvalue weighted by Crippen LogP contribution is 2.35. The van der Waals surface area contributed by atoms with Gasteiger partial charge in [0.05, 0.1) is 17.9 Å². The summed E-state index contributed by atoms with van der Waals surface area (Å²) in [6.45, 7) is 2.81. The van der Waals surface area contributed by atoms with E-state index in [4.69, 9.17) is 4.74 Å². The van der Waals surface area contributed by atoms with Crippen LogP contribution >= 0.6 is 0 Å². The van der Waals surface area contributed by atoms with Crippen molar-refractivity contribution < 1.29 is 4.74 Å². The van der Waals surface area contributed by atoms with Crippen molar-refractivity contribution in [3.63, 3.8) is 0 Å². The van der Waals surface area contributed by atoms with Crippen LogP contribution < -0.4 is 4.74 Å². The number of benzene rings is 1. The molecule has 0 amide bonds. The van der Waals surface area contributed by atoms with Crippen LogP contribution in [0.3, 0.4) is 0 Å². The third-order valence-corrected chi connectivity index (χ3v) is 4.43. The monoisotopic (exact) mass is 299 g/mol. The van der Waals surface area contributed by atoms with Crippen molar-refractivity contribution in [2.75, 3.05) is 0 Å². The summed E-state index contributed by atoms with van der Waals surface area (Å²) < 4.78 is 7.98. The van der Waals surface area contributed by atoms with Gasteiger partial charge in [-0.2, -0.15) is 0 Å². The third kappa shape index (κ3) is 3.32. The van der Waals surface area contributed by atoms with Crippen molar-refractivity contribution in [2.45, 2.75) is 64.5 Å². The molecule has 0 fully saturated rings. The molecule has 0 saturated heterocycles. The van der Waals surface area contributed by atoms with Crippen molar-refractivity contribution >= 4 is 0 Å². The maximum absolute atomic E-state index is 5.92. The molecule has 1 atom stereocenters. The van der Waals surface area contributed by atoms with Crippen LogP contribution in [-0.2, 0) is 6.61 Å². The van der Waals surface area contributed by atoms with Gasteiger partial charge in [-0.3, -0.25) is 0 Å². The van der Waals surface area contributed by atoms with Gasteiger partial charge < -0.3 is 4.74 Å². The highest BCUT2D eigenvalue weighted by atomic mass is 16.5. The second kappa shape index (κ2) is 7.43. The average molecular weight is 299 g/mol. The molecule has 1 aromatic heterocycles. The van der Waals surface area contributed by atoms with Crippen LogP contribution in [0.5, 0.6) is 5.75 Å². The van der Waals surface area contributed by atoms with E-state index in [9.17, 15) is 0 Å². The van der Waals surface area contributed by atoms with Crippen LogP contribution in [0.4, 0.5) is 0 Å². The van der Waals surface area contributed by atoms with Gasteiger partial charge in [0.25, 0.3) is 0 Å². The first-order valence-electron chi connectivity index (χ1n) is 8.51. The first-order valence-corrected chi connectivity index (χ1v) is 8.51. The van der Waals surface area contributed by atoms with Crippen molar-refractivity contribution in [2.24, 2.45) is 0 Å². The van der Waals surface area contributed by atoms with Crippen LogP contribution in [0, 0.1) is 0 Å². The highest BCUT2D eigenvalue weighted by molar-refractivity contribution is 5.37. The standard InChI is InChI=1S/C18H25N3O/c1-2-3-4-5-6-7-11-17-16-10-8-9-12-18(16)22-14-15-13-19-20-21(15)17/h8-10,12-13,17H,2-7,11,14H2,1H3. The molecule has 1 aliphatic heterocycles. The largest absolute Gasteiger partial charge is 0.487 e. The first-order chi connectivity index (χ1) is 10.9. The molecule has 1 unspecified atom stereocenters. The molecule has 0 aliphatic carbocycles. The Hall–Kier alpha value is -1.84. The van der Waals surface area contributed by atoms with Gasteiger partial charge in [0.15, 0.2) is 0 Å². The maximum atomic E-state index is 5.92. The quantitative estimate of drug-likeness (QED) is 0.706. The number of nitrogens with zero attached hydrogens (tertiary/aromatic N) is 3. The lowest BCUT2D eigenvalue weighted by Crippen LogP contribution is -2.13. The Morgan fingerprint density at radius 1 is 1.14 bits per heavy atom. The number of ether oxygens (including phenoxy) is 1. The van der Waals surface area contributed by atoms with Gasteiger partial charge in [0.1, 0.15) is 12.4 Å². The molecule has 1 aliphatic rings. The molecule has 0 bridgehead atoms. The van der Waals surface area contributed by atoms with E-state index in [1.807, 2.05) is 12.3 Å². The van der Waals surface area contributed by atoms with Crippen molar-refractivity contribution in [1.82, 2.24) is 15.0 Å². The average Bonchev–Trinajstić information content (AvgIpc) is 2.96. The second-order valence-corrected chi connectivity index (χ2v) is 6.07. The van der Waals surface area contributed by atoms with Gasteiger partial charge >= 0.3 is 0 Å². The normalized spacial score (nSPS) is 16.5. The van der Waals surface area contributed by atoms with E-state index in [0.717, 1.165) is 17.9 Å². The van der Waals surface area contributed by atoms with E-state index >= 15 is 0 Å². The van der Waals surface area contributed by atoms with Gasteiger partial charge in [0.2, 0.25) is 0 Å². The number of hydrogen-bond donors (Lipinski definition) is 0. The van der Waals surface area contributed by atoms with Gasteiger partial charge in [-0.15, -0.1) is 5.10 Å². The number of fused-ring (bicyclic) bond motifs is 2. The Kier molecular flexibility index (Phi) is 5.09. The lowest BCUT2D eigenvalue weighted by molar-refractivity contribution is 0.301. The summed E-state index contributed by atoms with van der Waals surface area (Å²) in [5, 5.41) is 8.38. The lowest BCUT2D eigenvalue weighted by atomic mass is 9.99. The molecule has 4 nitrogen and oxygen atoms in total. The van der Waals surface area contributed by atoms with E-state index < -0.39 is 0 Å². The van der Waals surface area contributed by atoms with Gasteiger partial charge in [-0.05, 0) is 12.5 Å². The topological polar surface area (TPSA) is 39.9 Å². The van der Waals surface area contributed by atoms with Crippen LogP contribution in [0.25, 0.3) is 0 Å². The molecule has 0 saturated carbocycles. The number of para-hydroxylation sites is 1. The minimum atomic E-state index is 0.252. The van der Waals surface area contributed by atoms with Crippen molar-refractivity contribution in [3.8, 4) is 5.75 Å². The number of unbranched alkanes of at least 4 members (excludes halogenated alkanes) is 5. The van der Waals surface area contributed by atoms with Crippen molar-refractivity contribution in [1.29, 1.82) is 0 Å². The number of hydrogen-bond acceptors (Lipinski definition) is 3. The molecule has 2 heterocycles. The minimum absolute atomic E-state index is 0.252. The molecule has 3 rings (SSSR count). The molecule has 0 radical (unpaired) electrons. The molecule has 118 valence electrons. The van der Waals surface area contributed by atoms with E-state index in [0.29, 0.717) is 6.61 Å². The molecular weight excluding hydrogens is 274 g/mol. The Bertz CT molecular complexity index is 594. The summed E-state index contributed by atoms with van der Waals surface area (Å²) in [5.41, 5.74) is 2.30. The molecule has 4 heteroatoms. The van der Waals surface area contributed by atoms with Gasteiger partial charge in [-0.25, -0.2) is 4.68 Å². The predicted octanol–water partition coefficient (Wildman–Crippen LogP) is 4.51. The molecule has 0 spiro atoms. The number of aromatic nitrogens is 3. The van der Waals surface area contributed by atoms with E-state index in [1.54, 1.807) is 0 Å². The van der Waals surface area contributed by atoms with Crippen LogP contribution in [-0.4, -0.2) is 15.0 Å². The SMILES string of the molecule is CCCCCCCCC1c2ccccc2OCc2cnnn21. The third-order valence-electron chi connectivity index (χ3n) is 4.43. The Labute approximate surface area is 132 Å². The van der Waals surface area contributed by atoms with E-state index in [1.165, 1.54) is 44.1 Å². The fraction of sp³-hybridized carbons (Fsp3) is 0.556. The predicted molar refractivity (Wildman–Crippen MR) is 86.9 cm³/mol. The molecule has 2 aromatic rings. The summed E-state index contributed by atoms with van der Waals surface area (Å²) in [5.74, 6) is 0.990. The van der Waals surface area contributed by atoms with Crippen LogP contribution in [0.15, 0.2) is 30.5 Å². The Morgan fingerprint density at radius 2 is 1.95 bits per heavy atom. The summed E-state index contributed by atoms with van der Waals surface area (Å²) in [7, 11) is 0. The smallest absolute Gasteiger partial charge is 0.132 e. The van der Waals surface area contributed by atoms with Gasteiger partial charge in [-0.1, -0.05) is 68.9 Å². The highest BCUT2D eigenvalue weighted by Gasteiger charge is 2.24. The Balaban J connectivity index is 1.70. The molecule has 0 N–H and O–H groups in total. The molecule has 1 aromatic carbocycles. The fourth-order valence-electron chi connectivity index (χ4n) is 3.20. The zero-order chi connectivity index (χ0) is 15.2. The summed E-state index contributed by atoms with van der Waals surface area (Å²) >= 11 is 0. The second-order valence-electron chi connectivity index (χ2n) is 6.07. The molecule has 22 heavy (non-hydrogen) atoms. The first kappa shape index (κ1) is 15.1. The summed E-state index contributed by atoms with van der Waals surface area (Å²) in [6.07, 6.45) is 10.8. The fourth-order valence-corrected chi connectivity index (χ4v) is 3.20. The maximum Gasteiger partial charge on any atom is 0.132 e. The Morgan fingerprint density at radius 3 is 2.86 bits per heavy atom. The zero-order valence-electron chi connectivity index (χ0n) is 13.4. The number of rotatable bonds is 7.